The Hall–Kier alpha value is -1.49. The number of carbonyl (C=O) groups is 1. The Morgan fingerprint density at radius 1 is 1.08 bits per heavy atom. The summed E-state index contributed by atoms with van der Waals surface area (Å²) >= 11 is 5.22. The molecular weight excluding hydrogens is 323 g/mol. The number of carbonyl (C=O) groups excluding carboxylic acids is 1. The SMILES string of the molecule is O=C(CC12CC3CC(CC(C3)C1)C2)NC(=S)Nc1ccc(F)cc1. The van der Waals surface area contributed by atoms with Gasteiger partial charge in [-0.1, -0.05) is 0 Å². The molecule has 4 bridgehead atoms. The molecule has 5 rings (SSSR count). The molecule has 4 saturated carbocycles. The molecule has 1 amide bonds. The van der Waals surface area contributed by atoms with Gasteiger partial charge >= 0.3 is 0 Å². The number of halogens is 1. The number of thiocarbonyl (C=S) groups is 1. The Morgan fingerprint density at radius 2 is 1.62 bits per heavy atom. The molecule has 0 atom stereocenters. The molecule has 2 N–H and O–H groups in total. The summed E-state index contributed by atoms with van der Waals surface area (Å²) in [5.41, 5.74) is 0.890. The minimum Gasteiger partial charge on any atom is -0.332 e. The maximum absolute atomic E-state index is 12.9. The van der Waals surface area contributed by atoms with Crippen LogP contribution in [-0.2, 0) is 4.79 Å². The Morgan fingerprint density at radius 3 is 2.17 bits per heavy atom. The molecule has 0 saturated heterocycles. The topological polar surface area (TPSA) is 41.1 Å². The predicted octanol–water partition coefficient (Wildman–Crippen LogP) is 4.25. The van der Waals surface area contributed by atoms with Crippen LogP contribution in [0.1, 0.15) is 44.9 Å². The van der Waals surface area contributed by atoms with Crippen LogP contribution in [0.15, 0.2) is 24.3 Å². The lowest BCUT2D eigenvalue weighted by molar-refractivity contribution is -0.127. The van der Waals surface area contributed by atoms with Crippen molar-refractivity contribution in [2.45, 2.75) is 44.9 Å². The molecule has 0 aliphatic heterocycles. The van der Waals surface area contributed by atoms with E-state index in [0.29, 0.717) is 12.1 Å². The highest BCUT2D eigenvalue weighted by molar-refractivity contribution is 7.80. The van der Waals surface area contributed by atoms with E-state index in [9.17, 15) is 9.18 Å². The van der Waals surface area contributed by atoms with E-state index in [1.807, 2.05) is 0 Å². The van der Waals surface area contributed by atoms with Gasteiger partial charge in [0.05, 0.1) is 0 Å². The smallest absolute Gasteiger partial charge is 0.226 e. The molecule has 0 radical (unpaired) electrons. The molecule has 0 spiro atoms. The first-order valence-corrected chi connectivity index (χ1v) is 9.27. The summed E-state index contributed by atoms with van der Waals surface area (Å²) in [5.74, 6) is 2.24. The molecule has 1 aromatic carbocycles. The van der Waals surface area contributed by atoms with Gasteiger partial charge < -0.3 is 10.6 Å². The average molecular weight is 346 g/mol. The van der Waals surface area contributed by atoms with E-state index >= 15 is 0 Å². The minimum atomic E-state index is -0.294. The summed E-state index contributed by atoms with van der Waals surface area (Å²) in [7, 11) is 0. The first-order valence-electron chi connectivity index (χ1n) is 8.86. The van der Waals surface area contributed by atoms with Crippen molar-refractivity contribution >= 4 is 28.9 Å². The zero-order chi connectivity index (χ0) is 16.7. The highest BCUT2D eigenvalue weighted by Crippen LogP contribution is 2.61. The Bertz CT molecular complexity index is 623. The fraction of sp³-hybridized carbons (Fsp3) is 0.579. The zero-order valence-corrected chi connectivity index (χ0v) is 14.5. The summed E-state index contributed by atoms with van der Waals surface area (Å²) < 4.78 is 12.9. The zero-order valence-electron chi connectivity index (χ0n) is 13.7. The number of benzene rings is 1. The van der Waals surface area contributed by atoms with Gasteiger partial charge in [0.15, 0.2) is 5.11 Å². The van der Waals surface area contributed by atoms with E-state index < -0.39 is 0 Å². The molecule has 0 unspecified atom stereocenters. The molecule has 0 aromatic heterocycles. The van der Waals surface area contributed by atoms with Gasteiger partial charge in [0.25, 0.3) is 0 Å². The van der Waals surface area contributed by atoms with E-state index in [1.54, 1.807) is 12.1 Å². The second kappa shape index (κ2) is 6.10. The largest absolute Gasteiger partial charge is 0.332 e. The standard InChI is InChI=1S/C19H23FN2OS/c20-15-1-3-16(4-2-15)21-18(24)22-17(23)11-19-8-12-5-13(9-19)7-14(6-12)10-19/h1-4,12-14H,5-11H2,(H2,21,22,23,24). The van der Waals surface area contributed by atoms with Crippen LogP contribution >= 0.6 is 12.2 Å². The van der Waals surface area contributed by atoms with Crippen molar-refractivity contribution in [2.24, 2.45) is 23.2 Å². The molecule has 0 heterocycles. The Kier molecular flexibility index (Phi) is 4.07. The van der Waals surface area contributed by atoms with Gasteiger partial charge in [-0.25, -0.2) is 4.39 Å². The molecule has 4 fully saturated rings. The highest BCUT2D eigenvalue weighted by atomic mass is 32.1. The third-order valence-corrected chi connectivity index (χ3v) is 6.26. The van der Waals surface area contributed by atoms with E-state index in [4.69, 9.17) is 12.2 Å². The lowest BCUT2D eigenvalue weighted by Crippen LogP contribution is -2.48. The number of amides is 1. The van der Waals surface area contributed by atoms with Gasteiger partial charge in [0.1, 0.15) is 5.82 Å². The first-order chi connectivity index (χ1) is 11.5. The number of hydrogen-bond donors (Lipinski definition) is 2. The summed E-state index contributed by atoms with van der Waals surface area (Å²) in [5, 5.41) is 6.03. The van der Waals surface area contributed by atoms with Crippen molar-refractivity contribution in [3.63, 3.8) is 0 Å². The van der Waals surface area contributed by atoms with Gasteiger partial charge in [-0.15, -0.1) is 0 Å². The fourth-order valence-corrected chi connectivity index (χ4v) is 5.95. The molecule has 24 heavy (non-hydrogen) atoms. The molecular formula is C19H23FN2OS. The third-order valence-electron chi connectivity index (χ3n) is 6.06. The normalized spacial score (nSPS) is 33.3. The van der Waals surface area contributed by atoms with Crippen LogP contribution in [0.25, 0.3) is 0 Å². The average Bonchev–Trinajstić information content (AvgIpc) is 2.47. The maximum Gasteiger partial charge on any atom is 0.226 e. The van der Waals surface area contributed by atoms with E-state index in [0.717, 1.165) is 17.8 Å². The second-order valence-corrected chi connectivity index (χ2v) is 8.51. The quantitative estimate of drug-likeness (QED) is 0.804. The second-order valence-electron chi connectivity index (χ2n) is 8.10. The Labute approximate surface area is 147 Å². The van der Waals surface area contributed by atoms with Crippen LogP contribution < -0.4 is 10.6 Å². The molecule has 1 aromatic rings. The first kappa shape index (κ1) is 16.0. The van der Waals surface area contributed by atoms with Crippen molar-refractivity contribution in [1.29, 1.82) is 0 Å². The van der Waals surface area contributed by atoms with Crippen LogP contribution in [0.5, 0.6) is 0 Å². The van der Waals surface area contributed by atoms with E-state index in [1.165, 1.54) is 50.7 Å². The lowest BCUT2D eigenvalue weighted by atomic mass is 9.49. The van der Waals surface area contributed by atoms with Crippen molar-refractivity contribution in [1.82, 2.24) is 5.32 Å². The number of nitrogens with one attached hydrogen (secondary N) is 2. The van der Waals surface area contributed by atoms with Crippen LogP contribution in [0.4, 0.5) is 10.1 Å². The van der Waals surface area contributed by atoms with Gasteiger partial charge in [-0.05, 0) is 98.2 Å². The number of anilines is 1. The maximum atomic E-state index is 12.9. The van der Waals surface area contributed by atoms with Crippen LogP contribution in [0.3, 0.4) is 0 Å². The van der Waals surface area contributed by atoms with Gasteiger partial charge in [0.2, 0.25) is 5.91 Å². The minimum absolute atomic E-state index is 0.0107. The summed E-state index contributed by atoms with van der Waals surface area (Å²) in [6.07, 6.45) is 8.36. The van der Waals surface area contributed by atoms with Gasteiger partial charge in [0, 0.05) is 12.1 Å². The molecule has 4 aliphatic carbocycles. The summed E-state index contributed by atoms with van der Waals surface area (Å²) in [6, 6.07) is 5.93. The molecule has 3 nitrogen and oxygen atoms in total. The number of hydrogen-bond acceptors (Lipinski definition) is 2. The monoisotopic (exact) mass is 346 g/mol. The van der Waals surface area contributed by atoms with Crippen molar-refractivity contribution in [3.8, 4) is 0 Å². The Balaban J connectivity index is 1.33. The molecule has 4 aliphatic rings. The third kappa shape index (κ3) is 3.32. The van der Waals surface area contributed by atoms with E-state index in [2.05, 4.69) is 10.6 Å². The molecule has 5 heteroatoms. The summed E-state index contributed by atoms with van der Waals surface area (Å²) in [6.45, 7) is 0. The van der Waals surface area contributed by atoms with Crippen molar-refractivity contribution < 1.29 is 9.18 Å². The van der Waals surface area contributed by atoms with Gasteiger partial charge in [-0.3, -0.25) is 4.79 Å². The fourth-order valence-electron chi connectivity index (χ4n) is 5.71. The number of rotatable bonds is 3. The van der Waals surface area contributed by atoms with E-state index in [-0.39, 0.29) is 22.3 Å². The van der Waals surface area contributed by atoms with Crippen molar-refractivity contribution in [2.75, 3.05) is 5.32 Å². The van der Waals surface area contributed by atoms with Crippen LogP contribution in [0.2, 0.25) is 0 Å². The molecule has 128 valence electrons. The van der Waals surface area contributed by atoms with Gasteiger partial charge in [-0.2, -0.15) is 0 Å². The summed E-state index contributed by atoms with van der Waals surface area (Å²) in [4.78, 5) is 12.5. The lowest BCUT2D eigenvalue weighted by Gasteiger charge is -2.56. The predicted molar refractivity (Wildman–Crippen MR) is 96.0 cm³/mol. The van der Waals surface area contributed by atoms with Crippen LogP contribution in [-0.4, -0.2) is 11.0 Å². The van der Waals surface area contributed by atoms with Crippen molar-refractivity contribution in [3.05, 3.63) is 30.1 Å². The van der Waals surface area contributed by atoms with Crippen LogP contribution in [0, 0.1) is 29.0 Å². The highest BCUT2D eigenvalue weighted by Gasteiger charge is 2.51.